The Morgan fingerprint density at radius 3 is 2.24 bits per heavy atom. The zero-order valence-electron chi connectivity index (χ0n) is 31.0. The van der Waals surface area contributed by atoms with Crippen molar-refractivity contribution in [1.82, 2.24) is 4.98 Å². The Morgan fingerprint density at radius 2 is 1.65 bits per heavy atom. The Morgan fingerprint density at radius 1 is 1.00 bits per heavy atom. The Labute approximate surface area is 307 Å². The summed E-state index contributed by atoms with van der Waals surface area (Å²) in [5, 5.41) is 23.8. The number of allylic oxidation sites excluding steroid dienone is 2. The summed E-state index contributed by atoms with van der Waals surface area (Å²) in [6, 6.07) is 20.7. The molecule has 0 unspecified atom stereocenters. The van der Waals surface area contributed by atoms with Crippen LogP contribution < -0.4 is 4.74 Å². The van der Waals surface area contributed by atoms with Gasteiger partial charge in [-0.05, 0) is 80.9 Å². The molecule has 2 heterocycles. The second kappa shape index (κ2) is 16.0. The number of nitrogens with zero attached hydrogens (tertiary/aromatic N) is 2. The van der Waals surface area contributed by atoms with E-state index in [1.165, 1.54) is 17.0 Å². The number of benzene rings is 3. The molecule has 1 aliphatic rings. The summed E-state index contributed by atoms with van der Waals surface area (Å²) in [6.07, 6.45) is 8.25. The summed E-state index contributed by atoms with van der Waals surface area (Å²) in [5.74, 6) is 2.12. The van der Waals surface area contributed by atoms with E-state index in [4.69, 9.17) is 9.72 Å². The van der Waals surface area contributed by atoms with E-state index in [0.29, 0.717) is 6.42 Å². The van der Waals surface area contributed by atoms with Gasteiger partial charge in [-0.1, -0.05) is 96.2 Å². The minimum absolute atomic E-state index is 0. The molecule has 0 saturated heterocycles. The van der Waals surface area contributed by atoms with Crippen molar-refractivity contribution in [2.24, 2.45) is 22.2 Å². The molecule has 263 valence electrons. The molecule has 4 aromatic rings. The molecule has 0 atom stereocenters. The van der Waals surface area contributed by atoms with E-state index >= 15 is 0 Å². The first-order valence-electron chi connectivity index (χ1n) is 17.5. The average Bonchev–Trinajstić information content (AvgIpc) is 3.04. The molecule has 0 aliphatic carbocycles. The van der Waals surface area contributed by atoms with Crippen LogP contribution in [0.2, 0.25) is 0 Å². The van der Waals surface area contributed by atoms with E-state index in [-0.39, 0.29) is 48.4 Å². The first-order chi connectivity index (χ1) is 22.6. The summed E-state index contributed by atoms with van der Waals surface area (Å²) in [7, 11) is 0. The molecule has 49 heavy (non-hydrogen) atoms. The largest absolute Gasteiger partial charge is 0.512 e. The molecule has 1 aromatic heterocycles. The molecule has 1 radical (unpaired) electrons. The first kappa shape index (κ1) is 39.9. The minimum Gasteiger partial charge on any atom is -0.512 e. The van der Waals surface area contributed by atoms with Gasteiger partial charge in [0.25, 0.3) is 0 Å². The van der Waals surface area contributed by atoms with E-state index in [2.05, 4.69) is 69.3 Å². The normalized spacial score (nSPS) is 12.8. The van der Waals surface area contributed by atoms with Crippen molar-refractivity contribution in [3.05, 3.63) is 77.7 Å². The molecule has 0 spiro atoms. The quantitative estimate of drug-likeness (QED) is 0.0860. The molecule has 5 rings (SSSR count). The Kier molecular flexibility index (Phi) is 13.0. The van der Waals surface area contributed by atoms with Crippen molar-refractivity contribution in [2.75, 3.05) is 0 Å². The molecule has 0 amide bonds. The van der Waals surface area contributed by atoms with Gasteiger partial charge in [0, 0.05) is 54.8 Å². The van der Waals surface area contributed by atoms with Gasteiger partial charge in [0.05, 0.1) is 23.0 Å². The number of carbonyl (C=O) groups excluding carboxylic acids is 1. The maximum atomic E-state index is 12.0. The first-order valence-corrected chi connectivity index (χ1v) is 17.5. The molecular formula is C43H53IrN2O3-. The van der Waals surface area contributed by atoms with Crippen LogP contribution in [0.3, 0.4) is 0 Å². The van der Waals surface area contributed by atoms with Gasteiger partial charge in [-0.25, -0.2) is 0 Å². The predicted octanol–water partition coefficient (Wildman–Crippen LogP) is 11.9. The summed E-state index contributed by atoms with van der Waals surface area (Å²) >= 11 is 0. The average molecular weight is 838 g/mol. The Hall–Kier alpha value is -3.52. The van der Waals surface area contributed by atoms with Crippen LogP contribution in [0.1, 0.15) is 106 Å². The topological polar surface area (TPSA) is 83.2 Å². The van der Waals surface area contributed by atoms with Crippen LogP contribution in [0, 0.1) is 39.6 Å². The summed E-state index contributed by atoms with van der Waals surface area (Å²) < 4.78 is 6.67. The van der Waals surface area contributed by atoms with Crippen LogP contribution in [-0.2, 0) is 37.7 Å². The number of nitriles is 1. The van der Waals surface area contributed by atoms with Crippen molar-refractivity contribution in [3.63, 3.8) is 0 Å². The van der Waals surface area contributed by atoms with E-state index in [1.807, 2.05) is 60.7 Å². The smallest absolute Gasteiger partial charge is 0.164 e. The van der Waals surface area contributed by atoms with Crippen LogP contribution in [-0.4, -0.2) is 15.9 Å². The molecular weight excluding hydrogens is 785 g/mol. The second-order valence-electron chi connectivity index (χ2n) is 15.4. The number of hydrogen-bond donors (Lipinski definition) is 1. The number of aromatic nitrogens is 1. The van der Waals surface area contributed by atoms with Crippen LogP contribution in [0.25, 0.3) is 32.8 Å². The molecule has 6 heteroatoms. The summed E-state index contributed by atoms with van der Waals surface area (Å²) in [4.78, 5) is 16.8. The maximum Gasteiger partial charge on any atom is 0.164 e. The van der Waals surface area contributed by atoms with Gasteiger partial charge in [-0.15, -0.1) is 17.5 Å². The van der Waals surface area contributed by atoms with Crippen molar-refractivity contribution in [3.8, 4) is 28.8 Å². The number of ketones is 1. The van der Waals surface area contributed by atoms with Crippen molar-refractivity contribution in [2.45, 2.75) is 108 Å². The second-order valence-corrected chi connectivity index (χ2v) is 15.4. The number of carbonyl (C=O) groups is 1. The van der Waals surface area contributed by atoms with Crippen LogP contribution >= 0.6 is 0 Å². The van der Waals surface area contributed by atoms with Crippen LogP contribution in [0.4, 0.5) is 0 Å². The summed E-state index contributed by atoms with van der Waals surface area (Å²) in [5.41, 5.74) is 3.50. The number of ether oxygens (including phenoxy) is 1. The molecule has 0 fully saturated rings. The van der Waals surface area contributed by atoms with Crippen molar-refractivity contribution in [1.29, 1.82) is 5.26 Å². The third-order valence-electron chi connectivity index (χ3n) is 9.84. The number of fused-ring (bicyclic) bond motifs is 3. The van der Waals surface area contributed by atoms with Gasteiger partial charge in [0.15, 0.2) is 5.78 Å². The van der Waals surface area contributed by atoms with Crippen LogP contribution in [0.15, 0.2) is 60.5 Å². The molecule has 3 aromatic carbocycles. The van der Waals surface area contributed by atoms with Gasteiger partial charge in [0.1, 0.15) is 5.75 Å². The molecule has 5 nitrogen and oxygen atoms in total. The zero-order valence-corrected chi connectivity index (χ0v) is 33.4. The van der Waals surface area contributed by atoms with Crippen molar-refractivity contribution >= 4 is 27.3 Å². The van der Waals surface area contributed by atoms with Gasteiger partial charge >= 0.3 is 0 Å². The zero-order chi connectivity index (χ0) is 35.4. The molecule has 1 N–H and O–H groups in total. The molecule has 0 saturated carbocycles. The number of aliphatic hydroxyl groups excluding tert-OH is 1. The number of hydrogen-bond acceptors (Lipinski definition) is 5. The van der Waals surface area contributed by atoms with Crippen LogP contribution in [0.5, 0.6) is 11.5 Å². The van der Waals surface area contributed by atoms with Crippen molar-refractivity contribution < 1.29 is 34.7 Å². The SMILES string of the molecule is CC(C)(C)Cc1c2c([c-]c3ccccc13)-c1nccc3cc(CC(C)(C)C#N)cc(c13)O2.CCC(CC)/C(O)=C/C(=O)C(C)(CC)CC.[Ir]. The third kappa shape index (κ3) is 8.99. The van der Waals surface area contributed by atoms with E-state index in [1.54, 1.807) is 0 Å². The fraction of sp³-hybridized carbons (Fsp3) is 0.465. The monoisotopic (exact) mass is 838 g/mol. The number of aliphatic hydroxyl groups is 1. The Bertz CT molecular complexity index is 1870. The molecule has 1 aliphatic heterocycles. The van der Waals surface area contributed by atoms with E-state index in [9.17, 15) is 15.2 Å². The van der Waals surface area contributed by atoms with E-state index in [0.717, 1.165) is 76.6 Å². The standard InChI is InChI=1S/C29H27N2O.C14H26O2.Ir/c1-28(2,3)16-23-21-9-7-6-8-19(21)14-22-26-25-20(10-11-31-26)12-18(15-29(4,5)17-30)13-24(25)32-27(22)23;1-6-11(7-2)12(15)10-13(16)14(5,8-3)9-4;/h6-13H,15-16H2,1-5H3;10-11,15H,6-9H2,1-5H3;/q-1;;/b;12-10-;. The number of pyridine rings is 1. The number of rotatable bonds is 10. The van der Waals surface area contributed by atoms with Gasteiger partial charge in [-0.3, -0.25) is 9.78 Å². The summed E-state index contributed by atoms with van der Waals surface area (Å²) in [6.45, 7) is 20.8. The predicted molar refractivity (Wildman–Crippen MR) is 198 cm³/mol. The fourth-order valence-electron chi connectivity index (χ4n) is 6.41. The van der Waals surface area contributed by atoms with Gasteiger partial charge < -0.3 is 9.84 Å². The molecule has 0 bridgehead atoms. The van der Waals surface area contributed by atoms with Gasteiger partial charge in [0.2, 0.25) is 0 Å². The third-order valence-corrected chi connectivity index (χ3v) is 9.84. The maximum absolute atomic E-state index is 12.0. The Balaban J connectivity index is 0.000000328. The van der Waals surface area contributed by atoms with E-state index < -0.39 is 5.41 Å². The van der Waals surface area contributed by atoms with Gasteiger partial charge in [-0.2, -0.15) is 5.26 Å². The fourth-order valence-corrected chi connectivity index (χ4v) is 6.41. The minimum atomic E-state index is -0.440.